The number of hydrogen-bond acceptors (Lipinski definition) is 1. The van der Waals surface area contributed by atoms with Crippen LogP contribution in [0.3, 0.4) is 0 Å². The molecule has 2 heteroatoms. The second-order valence-corrected chi connectivity index (χ2v) is 8.12. The topological polar surface area (TPSA) is 17.1 Å². The van der Waals surface area contributed by atoms with E-state index in [0.29, 0.717) is 17.6 Å². The molecule has 0 aliphatic heterocycles. The summed E-state index contributed by atoms with van der Waals surface area (Å²) in [5.41, 5.74) is 0. The van der Waals surface area contributed by atoms with Crippen LogP contribution >= 0.6 is 8.58 Å². The lowest BCUT2D eigenvalue weighted by atomic mass is 9.87. The van der Waals surface area contributed by atoms with E-state index in [4.69, 9.17) is 0 Å². The second-order valence-electron chi connectivity index (χ2n) is 6.62. The highest BCUT2D eigenvalue weighted by atomic mass is 31.1. The molecular weight excluding hydrogens is 263 g/mol. The molecule has 2 bridgehead atoms. The summed E-state index contributed by atoms with van der Waals surface area (Å²) in [7, 11) is 1.18. The van der Waals surface area contributed by atoms with Crippen molar-refractivity contribution in [1.82, 2.24) is 0 Å². The number of carbonyl (C=O) groups excluding carboxylic acids is 1. The Balaban J connectivity index is 1.43. The van der Waals surface area contributed by atoms with E-state index in [2.05, 4.69) is 19.1 Å². The quantitative estimate of drug-likeness (QED) is 0.291. The number of ketones is 1. The summed E-state index contributed by atoms with van der Waals surface area (Å²) in [5, 5.41) is 0. The van der Waals surface area contributed by atoms with Gasteiger partial charge in [-0.25, -0.2) is 0 Å². The number of carbonyl (C=O) groups is 1. The molecule has 1 nitrogen and oxygen atoms in total. The molecule has 114 valence electrons. The van der Waals surface area contributed by atoms with Crippen molar-refractivity contribution < 1.29 is 4.79 Å². The highest BCUT2D eigenvalue weighted by Crippen LogP contribution is 2.44. The fourth-order valence-electron chi connectivity index (χ4n) is 3.72. The molecule has 0 aromatic rings. The molecule has 0 radical (unpaired) electrons. The van der Waals surface area contributed by atoms with E-state index in [-0.39, 0.29) is 0 Å². The zero-order valence-corrected chi connectivity index (χ0v) is 14.1. The minimum absolute atomic E-state index is 0.389. The molecule has 1 saturated carbocycles. The van der Waals surface area contributed by atoms with Gasteiger partial charge in [-0.05, 0) is 49.8 Å². The molecule has 2 aliphatic carbocycles. The van der Waals surface area contributed by atoms with Crippen molar-refractivity contribution in [1.29, 1.82) is 0 Å². The van der Waals surface area contributed by atoms with E-state index in [1.165, 1.54) is 59.4 Å². The van der Waals surface area contributed by atoms with Crippen molar-refractivity contribution in [2.24, 2.45) is 17.8 Å². The van der Waals surface area contributed by atoms with E-state index in [0.717, 1.165) is 25.2 Å². The lowest BCUT2D eigenvalue weighted by Gasteiger charge is -2.16. The number of hydrogen-bond donors (Lipinski definition) is 0. The first-order valence-electron chi connectivity index (χ1n) is 8.73. The highest BCUT2D eigenvalue weighted by molar-refractivity contribution is 7.37. The molecule has 2 aliphatic rings. The molecule has 0 aromatic heterocycles. The summed E-state index contributed by atoms with van der Waals surface area (Å²) < 4.78 is 0. The van der Waals surface area contributed by atoms with Crippen LogP contribution < -0.4 is 0 Å². The van der Waals surface area contributed by atoms with Gasteiger partial charge in [-0.1, -0.05) is 44.8 Å². The monoisotopic (exact) mass is 294 g/mol. The predicted molar refractivity (Wildman–Crippen MR) is 89.9 cm³/mol. The molecule has 1 fully saturated rings. The summed E-state index contributed by atoms with van der Waals surface area (Å²) >= 11 is 0. The highest BCUT2D eigenvalue weighted by Gasteiger charge is 2.38. The Morgan fingerprint density at radius 2 is 1.85 bits per heavy atom. The third-order valence-electron chi connectivity index (χ3n) is 4.90. The number of allylic oxidation sites excluding steroid dienone is 2. The van der Waals surface area contributed by atoms with Gasteiger partial charge in [0.05, 0.1) is 0 Å². The van der Waals surface area contributed by atoms with Crippen LogP contribution in [-0.4, -0.2) is 18.1 Å². The molecule has 20 heavy (non-hydrogen) atoms. The fourth-order valence-corrected chi connectivity index (χ4v) is 4.82. The standard InChI is InChI=1S/C18H31OP/c1-2-11-20-12-7-5-3-4-6-8-18(19)17-14-15-9-10-16(17)13-15/h9-10,15-17,20H,2-8,11-14H2,1H3. The Morgan fingerprint density at radius 3 is 2.55 bits per heavy atom. The molecule has 0 heterocycles. The van der Waals surface area contributed by atoms with Gasteiger partial charge in [-0.2, -0.15) is 0 Å². The van der Waals surface area contributed by atoms with Crippen LogP contribution in [0.2, 0.25) is 0 Å². The zero-order chi connectivity index (χ0) is 14.2. The summed E-state index contributed by atoms with van der Waals surface area (Å²) in [6, 6.07) is 0. The SMILES string of the molecule is CCCPCCCCCCCC(=O)C1CC2C=CC1C2. The molecule has 0 saturated heterocycles. The molecule has 4 atom stereocenters. The van der Waals surface area contributed by atoms with Crippen LogP contribution in [-0.2, 0) is 4.79 Å². The van der Waals surface area contributed by atoms with Crippen molar-refractivity contribution in [2.75, 3.05) is 12.3 Å². The van der Waals surface area contributed by atoms with Crippen LogP contribution in [0.4, 0.5) is 0 Å². The van der Waals surface area contributed by atoms with Crippen molar-refractivity contribution in [3.63, 3.8) is 0 Å². The van der Waals surface area contributed by atoms with Crippen molar-refractivity contribution in [3.05, 3.63) is 12.2 Å². The zero-order valence-electron chi connectivity index (χ0n) is 13.1. The number of Topliss-reactive ketones (excluding diaryl/α,β-unsaturated/α-hetero) is 1. The van der Waals surface area contributed by atoms with Crippen LogP contribution in [0, 0.1) is 17.8 Å². The van der Waals surface area contributed by atoms with Crippen molar-refractivity contribution >= 4 is 14.4 Å². The molecule has 0 N–H and O–H groups in total. The minimum Gasteiger partial charge on any atom is -0.299 e. The normalized spacial score (nSPS) is 27.9. The molecular formula is C18H31OP. The Kier molecular flexibility index (Phi) is 7.28. The average Bonchev–Trinajstić information content (AvgIpc) is 3.08. The van der Waals surface area contributed by atoms with E-state index in [1.807, 2.05) is 0 Å². The van der Waals surface area contributed by atoms with Gasteiger partial charge in [0.2, 0.25) is 0 Å². The van der Waals surface area contributed by atoms with Crippen LogP contribution in [0.15, 0.2) is 12.2 Å². The number of unbranched alkanes of at least 4 members (excludes halogenated alkanes) is 4. The maximum atomic E-state index is 12.2. The van der Waals surface area contributed by atoms with Gasteiger partial charge in [-0.3, -0.25) is 4.79 Å². The molecule has 2 rings (SSSR count). The number of fused-ring (bicyclic) bond motifs is 2. The average molecular weight is 294 g/mol. The van der Waals surface area contributed by atoms with Gasteiger partial charge < -0.3 is 0 Å². The van der Waals surface area contributed by atoms with Crippen LogP contribution in [0.5, 0.6) is 0 Å². The first kappa shape index (κ1) is 16.2. The fraction of sp³-hybridized carbons (Fsp3) is 0.833. The van der Waals surface area contributed by atoms with E-state index < -0.39 is 0 Å². The Labute approximate surface area is 126 Å². The van der Waals surface area contributed by atoms with Gasteiger partial charge in [0.25, 0.3) is 0 Å². The third-order valence-corrected chi connectivity index (χ3v) is 6.46. The Bertz CT molecular complexity index is 323. The number of rotatable bonds is 11. The predicted octanol–water partition coefficient (Wildman–Crippen LogP) is 5.20. The van der Waals surface area contributed by atoms with E-state index in [9.17, 15) is 4.79 Å². The smallest absolute Gasteiger partial charge is 0.136 e. The van der Waals surface area contributed by atoms with E-state index in [1.54, 1.807) is 0 Å². The van der Waals surface area contributed by atoms with Crippen LogP contribution in [0.1, 0.15) is 64.7 Å². The van der Waals surface area contributed by atoms with Gasteiger partial charge in [-0.15, -0.1) is 8.58 Å². The first-order chi connectivity index (χ1) is 9.81. The van der Waals surface area contributed by atoms with Gasteiger partial charge in [0.1, 0.15) is 5.78 Å². The van der Waals surface area contributed by atoms with Crippen molar-refractivity contribution in [2.45, 2.75) is 64.7 Å². The Hall–Kier alpha value is -0.160. The van der Waals surface area contributed by atoms with Crippen molar-refractivity contribution in [3.8, 4) is 0 Å². The minimum atomic E-state index is 0.389. The lowest BCUT2D eigenvalue weighted by molar-refractivity contribution is -0.123. The van der Waals surface area contributed by atoms with Gasteiger partial charge >= 0.3 is 0 Å². The largest absolute Gasteiger partial charge is 0.299 e. The molecule has 0 amide bonds. The van der Waals surface area contributed by atoms with Gasteiger partial charge in [0, 0.05) is 12.3 Å². The van der Waals surface area contributed by atoms with Gasteiger partial charge in [0.15, 0.2) is 0 Å². The molecule has 0 aromatic carbocycles. The lowest BCUT2D eigenvalue weighted by Crippen LogP contribution is -2.18. The Morgan fingerprint density at radius 1 is 1.05 bits per heavy atom. The maximum absolute atomic E-state index is 12.2. The third kappa shape index (κ3) is 4.99. The van der Waals surface area contributed by atoms with E-state index >= 15 is 0 Å². The first-order valence-corrected chi connectivity index (χ1v) is 10.1. The summed E-state index contributed by atoms with van der Waals surface area (Å²) in [6.45, 7) is 2.27. The summed E-state index contributed by atoms with van der Waals surface area (Å²) in [6.07, 6.45) is 18.6. The summed E-state index contributed by atoms with van der Waals surface area (Å²) in [4.78, 5) is 12.2. The van der Waals surface area contributed by atoms with Crippen LogP contribution in [0.25, 0.3) is 0 Å². The second kappa shape index (κ2) is 8.98. The molecule has 4 unspecified atom stereocenters. The summed E-state index contributed by atoms with van der Waals surface area (Å²) in [5.74, 6) is 2.29. The molecule has 0 spiro atoms. The maximum Gasteiger partial charge on any atom is 0.136 e.